The summed E-state index contributed by atoms with van der Waals surface area (Å²) in [6.45, 7) is 2.12. The molecule has 1 heterocycles. The van der Waals surface area contributed by atoms with Crippen molar-refractivity contribution in [2.75, 3.05) is 6.61 Å². The van der Waals surface area contributed by atoms with Gasteiger partial charge in [-0.05, 0) is 60.7 Å². The number of rotatable bonds is 5. The van der Waals surface area contributed by atoms with Crippen LogP contribution in [0.25, 0.3) is 10.1 Å². The van der Waals surface area contributed by atoms with E-state index in [4.69, 9.17) is 10.00 Å². The second-order valence-corrected chi connectivity index (χ2v) is 6.80. The Morgan fingerprint density at radius 3 is 2.68 bits per heavy atom. The van der Waals surface area contributed by atoms with Crippen LogP contribution < -0.4 is 0 Å². The SMILES string of the molecule is CCOC(=O)C(Cc1ccc(O)cc1)c1cc2cc(C#N)ccc2s1. The molecule has 2 aromatic carbocycles. The summed E-state index contributed by atoms with van der Waals surface area (Å²) >= 11 is 1.54. The summed E-state index contributed by atoms with van der Waals surface area (Å²) in [5, 5.41) is 19.4. The van der Waals surface area contributed by atoms with E-state index in [0.717, 1.165) is 20.5 Å². The van der Waals surface area contributed by atoms with E-state index >= 15 is 0 Å². The third-order valence-corrected chi connectivity index (χ3v) is 5.18. The van der Waals surface area contributed by atoms with E-state index in [0.29, 0.717) is 18.6 Å². The van der Waals surface area contributed by atoms with E-state index in [1.807, 2.05) is 30.3 Å². The number of fused-ring (bicyclic) bond motifs is 1. The average Bonchev–Trinajstić information content (AvgIpc) is 3.03. The first kappa shape index (κ1) is 17.0. The first-order chi connectivity index (χ1) is 12.1. The van der Waals surface area contributed by atoms with Gasteiger partial charge in [0.25, 0.3) is 0 Å². The van der Waals surface area contributed by atoms with Gasteiger partial charge in [0, 0.05) is 9.58 Å². The van der Waals surface area contributed by atoms with E-state index < -0.39 is 5.92 Å². The summed E-state index contributed by atoms with van der Waals surface area (Å²) in [6.07, 6.45) is 0.497. The minimum atomic E-state index is -0.410. The summed E-state index contributed by atoms with van der Waals surface area (Å²) < 4.78 is 6.30. The Labute approximate surface area is 149 Å². The van der Waals surface area contributed by atoms with E-state index in [9.17, 15) is 9.90 Å². The number of aromatic hydroxyl groups is 1. The Morgan fingerprint density at radius 2 is 2.00 bits per heavy atom. The van der Waals surface area contributed by atoms with Gasteiger partial charge >= 0.3 is 5.97 Å². The fourth-order valence-electron chi connectivity index (χ4n) is 2.72. The molecule has 5 heteroatoms. The van der Waals surface area contributed by atoms with Gasteiger partial charge in [-0.2, -0.15) is 5.26 Å². The quantitative estimate of drug-likeness (QED) is 0.693. The van der Waals surface area contributed by atoms with Crippen LogP contribution in [-0.2, 0) is 16.0 Å². The van der Waals surface area contributed by atoms with Crippen molar-refractivity contribution in [2.24, 2.45) is 0 Å². The van der Waals surface area contributed by atoms with Gasteiger partial charge in [-0.25, -0.2) is 0 Å². The lowest BCUT2D eigenvalue weighted by Crippen LogP contribution is -2.17. The number of phenolic OH excluding ortho intramolecular Hbond substituents is 1. The minimum absolute atomic E-state index is 0.197. The first-order valence-electron chi connectivity index (χ1n) is 7.99. The maximum Gasteiger partial charge on any atom is 0.314 e. The monoisotopic (exact) mass is 351 g/mol. The molecule has 0 saturated carbocycles. The largest absolute Gasteiger partial charge is 0.508 e. The number of esters is 1. The van der Waals surface area contributed by atoms with Crippen LogP contribution in [0.5, 0.6) is 5.75 Å². The van der Waals surface area contributed by atoms with Crippen LogP contribution in [0.15, 0.2) is 48.5 Å². The molecule has 1 unspecified atom stereocenters. The molecule has 0 aliphatic heterocycles. The van der Waals surface area contributed by atoms with Crippen molar-refractivity contribution in [2.45, 2.75) is 19.3 Å². The lowest BCUT2D eigenvalue weighted by atomic mass is 9.97. The van der Waals surface area contributed by atoms with Crippen LogP contribution in [0.3, 0.4) is 0 Å². The lowest BCUT2D eigenvalue weighted by Gasteiger charge is -2.14. The fourth-order valence-corrected chi connectivity index (χ4v) is 3.85. The summed E-state index contributed by atoms with van der Waals surface area (Å²) in [5.41, 5.74) is 1.55. The number of nitriles is 1. The average molecular weight is 351 g/mol. The predicted molar refractivity (Wildman–Crippen MR) is 97.7 cm³/mol. The molecule has 0 radical (unpaired) electrons. The van der Waals surface area contributed by atoms with Crippen molar-refractivity contribution < 1.29 is 14.6 Å². The molecule has 0 bridgehead atoms. The van der Waals surface area contributed by atoms with Crippen LogP contribution >= 0.6 is 11.3 Å². The van der Waals surface area contributed by atoms with Gasteiger partial charge < -0.3 is 9.84 Å². The number of hydrogen-bond donors (Lipinski definition) is 1. The van der Waals surface area contributed by atoms with Crippen LogP contribution in [0.2, 0.25) is 0 Å². The zero-order valence-electron chi connectivity index (χ0n) is 13.7. The zero-order valence-corrected chi connectivity index (χ0v) is 14.5. The molecule has 0 spiro atoms. The Kier molecular flexibility index (Phi) is 5.01. The Morgan fingerprint density at radius 1 is 1.24 bits per heavy atom. The summed E-state index contributed by atoms with van der Waals surface area (Å²) in [4.78, 5) is 13.4. The molecule has 0 fully saturated rings. The number of thiophene rings is 1. The molecule has 4 nitrogen and oxygen atoms in total. The van der Waals surface area contributed by atoms with Gasteiger partial charge in [0.05, 0.1) is 24.2 Å². The second kappa shape index (κ2) is 7.37. The highest BCUT2D eigenvalue weighted by Crippen LogP contribution is 2.34. The van der Waals surface area contributed by atoms with Crippen molar-refractivity contribution in [1.82, 2.24) is 0 Å². The minimum Gasteiger partial charge on any atom is -0.508 e. The number of phenols is 1. The third kappa shape index (κ3) is 3.81. The predicted octanol–water partition coefficient (Wildman–Crippen LogP) is 4.37. The number of carbonyl (C=O) groups is 1. The van der Waals surface area contributed by atoms with Gasteiger partial charge in [-0.1, -0.05) is 12.1 Å². The maximum absolute atomic E-state index is 12.5. The number of hydrogen-bond acceptors (Lipinski definition) is 5. The molecule has 3 rings (SSSR count). The molecule has 1 aromatic heterocycles. The van der Waals surface area contributed by atoms with E-state index in [1.54, 1.807) is 36.5 Å². The van der Waals surface area contributed by atoms with E-state index in [2.05, 4.69) is 6.07 Å². The molecular formula is C20H17NO3S. The lowest BCUT2D eigenvalue weighted by molar-refractivity contribution is -0.144. The zero-order chi connectivity index (χ0) is 17.8. The Hall–Kier alpha value is -2.84. The molecule has 126 valence electrons. The summed E-state index contributed by atoms with van der Waals surface area (Å²) in [6, 6.07) is 16.5. The standard InChI is InChI=1S/C20H17NO3S/c1-2-24-20(23)17(10-13-3-6-16(22)7-4-13)19-11-15-9-14(12-21)5-8-18(15)25-19/h3-9,11,17,22H,2,10H2,1H3. The van der Waals surface area contributed by atoms with Crippen LogP contribution in [0.4, 0.5) is 0 Å². The number of nitrogens with zero attached hydrogens (tertiary/aromatic N) is 1. The fraction of sp³-hybridized carbons (Fsp3) is 0.200. The van der Waals surface area contributed by atoms with Crippen molar-refractivity contribution in [3.05, 3.63) is 64.5 Å². The number of carbonyl (C=O) groups excluding carboxylic acids is 1. The van der Waals surface area contributed by atoms with Crippen molar-refractivity contribution in [3.8, 4) is 11.8 Å². The highest BCUT2D eigenvalue weighted by Gasteiger charge is 2.24. The molecule has 1 N–H and O–H groups in total. The smallest absolute Gasteiger partial charge is 0.314 e. The van der Waals surface area contributed by atoms with Gasteiger partial charge in [-0.3, -0.25) is 4.79 Å². The van der Waals surface area contributed by atoms with Gasteiger partial charge in [-0.15, -0.1) is 11.3 Å². The summed E-state index contributed by atoms with van der Waals surface area (Å²) in [5.74, 6) is -0.475. The highest BCUT2D eigenvalue weighted by molar-refractivity contribution is 7.19. The summed E-state index contributed by atoms with van der Waals surface area (Å²) in [7, 11) is 0. The maximum atomic E-state index is 12.5. The van der Waals surface area contributed by atoms with Crippen LogP contribution in [0.1, 0.15) is 28.8 Å². The van der Waals surface area contributed by atoms with E-state index in [1.165, 1.54) is 0 Å². The van der Waals surface area contributed by atoms with Crippen LogP contribution in [0, 0.1) is 11.3 Å². The molecule has 0 aliphatic rings. The Bertz CT molecular complexity index is 938. The number of ether oxygens (including phenoxy) is 1. The molecule has 25 heavy (non-hydrogen) atoms. The topological polar surface area (TPSA) is 70.3 Å². The van der Waals surface area contributed by atoms with Gasteiger partial charge in [0.2, 0.25) is 0 Å². The van der Waals surface area contributed by atoms with Crippen molar-refractivity contribution >= 4 is 27.4 Å². The second-order valence-electron chi connectivity index (χ2n) is 5.69. The molecule has 0 saturated heterocycles. The van der Waals surface area contributed by atoms with Gasteiger partial charge in [0.1, 0.15) is 5.75 Å². The molecule has 0 amide bonds. The number of benzene rings is 2. The van der Waals surface area contributed by atoms with E-state index in [-0.39, 0.29) is 11.7 Å². The first-order valence-corrected chi connectivity index (χ1v) is 8.80. The highest BCUT2D eigenvalue weighted by atomic mass is 32.1. The third-order valence-electron chi connectivity index (χ3n) is 3.96. The molecule has 3 aromatic rings. The Balaban J connectivity index is 1.97. The molecule has 0 aliphatic carbocycles. The van der Waals surface area contributed by atoms with Gasteiger partial charge in [0.15, 0.2) is 0 Å². The van der Waals surface area contributed by atoms with Crippen molar-refractivity contribution in [1.29, 1.82) is 5.26 Å². The molecular weight excluding hydrogens is 334 g/mol. The molecule has 1 atom stereocenters. The van der Waals surface area contributed by atoms with Crippen molar-refractivity contribution in [3.63, 3.8) is 0 Å². The van der Waals surface area contributed by atoms with Crippen LogP contribution in [-0.4, -0.2) is 17.7 Å². The normalized spacial score (nSPS) is 11.8.